The van der Waals surface area contributed by atoms with E-state index >= 15 is 0 Å². The number of amides is 1. The number of aryl methyl sites for hydroxylation is 1. The van der Waals surface area contributed by atoms with E-state index < -0.39 is 0 Å². The van der Waals surface area contributed by atoms with E-state index in [0.29, 0.717) is 13.1 Å². The van der Waals surface area contributed by atoms with E-state index in [4.69, 9.17) is 4.42 Å². The normalized spacial score (nSPS) is 14.6. The third-order valence-electron chi connectivity index (χ3n) is 5.13. The Morgan fingerprint density at radius 3 is 2.33 bits per heavy atom. The van der Waals surface area contributed by atoms with E-state index in [1.54, 1.807) is 4.90 Å². The summed E-state index contributed by atoms with van der Waals surface area (Å²) in [6.45, 7) is 5.90. The van der Waals surface area contributed by atoms with Crippen LogP contribution in [0, 0.1) is 6.92 Å². The van der Waals surface area contributed by atoms with Gasteiger partial charge in [-0.05, 0) is 63.1 Å². The molecule has 1 saturated heterocycles. The smallest absolute Gasteiger partial charge is 0.236 e. The Morgan fingerprint density at radius 1 is 1.00 bits per heavy atom. The Hall–Kier alpha value is -2.27. The SMILES string of the molecule is Cc1ccc(CN(C)C(=O)CN(C)Cc2ccc(N3CCCCC3)cc2)o1. The van der Waals surface area contributed by atoms with E-state index in [0.717, 1.165) is 31.2 Å². The van der Waals surface area contributed by atoms with Crippen molar-refractivity contribution in [3.05, 3.63) is 53.5 Å². The van der Waals surface area contributed by atoms with Gasteiger partial charge < -0.3 is 14.2 Å². The van der Waals surface area contributed by atoms with Crippen LogP contribution in [0.25, 0.3) is 0 Å². The number of hydrogen-bond acceptors (Lipinski definition) is 4. The van der Waals surface area contributed by atoms with Crippen LogP contribution in [0.3, 0.4) is 0 Å². The number of rotatable bonds is 7. The van der Waals surface area contributed by atoms with Crippen LogP contribution in [0.4, 0.5) is 5.69 Å². The molecule has 1 aliphatic heterocycles. The van der Waals surface area contributed by atoms with Crippen molar-refractivity contribution in [3.8, 4) is 0 Å². The Morgan fingerprint density at radius 2 is 1.70 bits per heavy atom. The predicted molar refractivity (Wildman–Crippen MR) is 109 cm³/mol. The second-order valence-corrected chi connectivity index (χ2v) is 7.65. The summed E-state index contributed by atoms with van der Waals surface area (Å²) >= 11 is 0. The molecular formula is C22H31N3O2. The number of benzene rings is 1. The molecule has 0 bridgehead atoms. The van der Waals surface area contributed by atoms with Gasteiger partial charge in [-0.2, -0.15) is 0 Å². The maximum atomic E-state index is 12.5. The Kier molecular flexibility index (Phi) is 6.56. The van der Waals surface area contributed by atoms with Crippen molar-refractivity contribution in [2.45, 2.75) is 39.3 Å². The number of nitrogens with zero attached hydrogens (tertiary/aromatic N) is 3. The highest BCUT2D eigenvalue weighted by Crippen LogP contribution is 2.20. The van der Waals surface area contributed by atoms with Crippen molar-refractivity contribution in [3.63, 3.8) is 0 Å². The van der Waals surface area contributed by atoms with Gasteiger partial charge in [0.05, 0.1) is 13.1 Å². The third-order valence-corrected chi connectivity index (χ3v) is 5.13. The minimum atomic E-state index is 0.0940. The quantitative estimate of drug-likeness (QED) is 0.747. The zero-order valence-corrected chi connectivity index (χ0v) is 16.8. The summed E-state index contributed by atoms with van der Waals surface area (Å²) in [6, 6.07) is 12.6. The average Bonchev–Trinajstić information content (AvgIpc) is 3.07. The van der Waals surface area contributed by atoms with Crippen LogP contribution in [0.1, 0.15) is 36.3 Å². The van der Waals surface area contributed by atoms with Gasteiger partial charge >= 0.3 is 0 Å². The molecule has 2 heterocycles. The first-order valence-corrected chi connectivity index (χ1v) is 9.83. The van der Waals surface area contributed by atoms with Crippen LogP contribution < -0.4 is 4.90 Å². The lowest BCUT2D eigenvalue weighted by Crippen LogP contribution is -2.36. The van der Waals surface area contributed by atoms with Gasteiger partial charge in [-0.3, -0.25) is 9.69 Å². The zero-order valence-electron chi connectivity index (χ0n) is 16.8. The molecular weight excluding hydrogens is 338 g/mol. The van der Waals surface area contributed by atoms with Crippen LogP contribution in [0.5, 0.6) is 0 Å². The molecule has 1 aliphatic rings. The third kappa shape index (κ3) is 5.60. The van der Waals surface area contributed by atoms with Gasteiger partial charge in [-0.1, -0.05) is 12.1 Å². The molecule has 5 nitrogen and oxygen atoms in total. The second kappa shape index (κ2) is 9.09. The molecule has 146 valence electrons. The maximum Gasteiger partial charge on any atom is 0.236 e. The fourth-order valence-corrected chi connectivity index (χ4v) is 3.58. The summed E-state index contributed by atoms with van der Waals surface area (Å²) in [5.74, 6) is 1.78. The average molecular weight is 370 g/mol. The van der Waals surface area contributed by atoms with Crippen molar-refractivity contribution in [2.75, 3.05) is 38.6 Å². The first-order valence-electron chi connectivity index (χ1n) is 9.83. The van der Waals surface area contributed by atoms with Crippen molar-refractivity contribution in [1.82, 2.24) is 9.80 Å². The van der Waals surface area contributed by atoms with E-state index in [9.17, 15) is 4.79 Å². The number of carbonyl (C=O) groups is 1. The molecule has 5 heteroatoms. The lowest BCUT2D eigenvalue weighted by molar-refractivity contribution is -0.131. The first-order chi connectivity index (χ1) is 13.0. The van der Waals surface area contributed by atoms with E-state index in [1.165, 1.54) is 30.5 Å². The molecule has 1 aromatic heterocycles. The van der Waals surface area contributed by atoms with E-state index in [1.807, 2.05) is 33.2 Å². The Labute approximate surface area is 162 Å². The van der Waals surface area contributed by atoms with Crippen LogP contribution in [-0.2, 0) is 17.9 Å². The number of furan rings is 1. The molecule has 1 fully saturated rings. The summed E-state index contributed by atoms with van der Waals surface area (Å²) in [6.07, 6.45) is 3.93. The topological polar surface area (TPSA) is 39.9 Å². The highest BCUT2D eigenvalue weighted by atomic mass is 16.3. The molecule has 0 aliphatic carbocycles. The number of likely N-dealkylation sites (N-methyl/N-ethyl adjacent to an activating group) is 2. The highest BCUT2D eigenvalue weighted by Gasteiger charge is 2.14. The molecule has 3 rings (SSSR count). The molecule has 2 aromatic rings. The molecule has 1 amide bonds. The number of carbonyl (C=O) groups excluding carboxylic acids is 1. The summed E-state index contributed by atoms with van der Waals surface area (Å²) in [7, 11) is 3.81. The predicted octanol–water partition coefficient (Wildman–Crippen LogP) is 3.67. The highest BCUT2D eigenvalue weighted by molar-refractivity contribution is 5.77. The molecule has 27 heavy (non-hydrogen) atoms. The minimum Gasteiger partial charge on any atom is -0.464 e. The van der Waals surface area contributed by atoms with Crippen LogP contribution >= 0.6 is 0 Å². The van der Waals surface area contributed by atoms with Gasteiger partial charge in [0.15, 0.2) is 0 Å². The summed E-state index contributed by atoms with van der Waals surface area (Å²) < 4.78 is 5.55. The molecule has 0 atom stereocenters. The lowest BCUT2D eigenvalue weighted by Gasteiger charge is -2.29. The molecule has 1 aromatic carbocycles. The number of anilines is 1. The van der Waals surface area contributed by atoms with Crippen molar-refractivity contribution in [1.29, 1.82) is 0 Å². The summed E-state index contributed by atoms with van der Waals surface area (Å²) in [5, 5.41) is 0. The molecule has 0 unspecified atom stereocenters. The monoisotopic (exact) mass is 369 g/mol. The molecule has 0 N–H and O–H groups in total. The van der Waals surface area contributed by atoms with Gasteiger partial charge in [0.1, 0.15) is 11.5 Å². The minimum absolute atomic E-state index is 0.0940. The van der Waals surface area contributed by atoms with Gasteiger partial charge in [0, 0.05) is 32.4 Å². The van der Waals surface area contributed by atoms with Crippen LogP contribution in [-0.4, -0.2) is 49.4 Å². The lowest BCUT2D eigenvalue weighted by atomic mass is 10.1. The molecule has 0 spiro atoms. The maximum absolute atomic E-state index is 12.5. The van der Waals surface area contributed by atoms with Gasteiger partial charge in [-0.15, -0.1) is 0 Å². The van der Waals surface area contributed by atoms with Gasteiger partial charge in [0.25, 0.3) is 0 Å². The Bertz CT molecular complexity index is 732. The molecule has 0 radical (unpaired) electrons. The Balaban J connectivity index is 1.47. The fraction of sp³-hybridized carbons (Fsp3) is 0.500. The van der Waals surface area contributed by atoms with Gasteiger partial charge in [0.2, 0.25) is 5.91 Å². The van der Waals surface area contributed by atoms with E-state index in [-0.39, 0.29) is 5.91 Å². The first kappa shape index (κ1) is 19.5. The van der Waals surface area contributed by atoms with Crippen LogP contribution in [0.15, 0.2) is 40.8 Å². The second-order valence-electron chi connectivity index (χ2n) is 7.65. The fourth-order valence-electron chi connectivity index (χ4n) is 3.58. The standard InChI is InChI=1S/C22H31N3O2/c1-18-7-12-21(27-18)16-24(3)22(26)17-23(2)15-19-8-10-20(11-9-19)25-13-5-4-6-14-25/h7-12H,4-6,13-17H2,1-3H3. The van der Waals surface area contributed by atoms with Crippen LogP contribution in [0.2, 0.25) is 0 Å². The summed E-state index contributed by atoms with van der Waals surface area (Å²) in [5.41, 5.74) is 2.54. The van der Waals surface area contributed by atoms with Crippen molar-refractivity contribution >= 4 is 11.6 Å². The van der Waals surface area contributed by atoms with Crippen molar-refractivity contribution in [2.24, 2.45) is 0 Å². The number of piperidine rings is 1. The summed E-state index contributed by atoms with van der Waals surface area (Å²) in [4.78, 5) is 18.7. The zero-order chi connectivity index (χ0) is 19.2. The van der Waals surface area contributed by atoms with Gasteiger partial charge in [-0.25, -0.2) is 0 Å². The molecule has 0 saturated carbocycles. The van der Waals surface area contributed by atoms with Crippen molar-refractivity contribution < 1.29 is 9.21 Å². The van der Waals surface area contributed by atoms with E-state index in [2.05, 4.69) is 34.1 Å². The number of hydrogen-bond donors (Lipinski definition) is 0. The largest absolute Gasteiger partial charge is 0.464 e.